The molecule has 34 heavy (non-hydrogen) atoms. The fourth-order valence-corrected chi connectivity index (χ4v) is 4.08. The number of carbonyl (C=O) groups excluding carboxylic acids is 2. The molecule has 0 atom stereocenters. The fraction of sp³-hybridized carbons (Fsp3) is 0.0741. The zero-order valence-corrected chi connectivity index (χ0v) is 19.0. The number of hydrogen-bond acceptors (Lipinski definition) is 4. The average molecular weight is 470 g/mol. The summed E-state index contributed by atoms with van der Waals surface area (Å²) in [6.45, 7) is 2.29. The van der Waals surface area contributed by atoms with Crippen molar-refractivity contribution in [2.45, 2.75) is 13.5 Å². The molecule has 1 N–H and O–H groups in total. The Bertz CT molecular complexity index is 1500. The number of hydrogen-bond donors (Lipinski definition) is 1. The normalized spacial score (nSPS) is 11.0. The van der Waals surface area contributed by atoms with Crippen LogP contribution in [0.25, 0.3) is 22.3 Å². The standard InChI is InChI=1S/C27H20ClN3O3/c1-17-11-24(27(33)29-23-9-7-18(16-32)8-10-23)30-31(17)15-21-13-22(28)12-20-14-25(34-26(20)21)19-5-3-2-4-6-19/h2-14,16H,15H2,1H3,(H,29,33). The predicted octanol–water partition coefficient (Wildman–Crippen LogP) is 6.37. The maximum absolute atomic E-state index is 12.7. The quantitative estimate of drug-likeness (QED) is 0.293. The smallest absolute Gasteiger partial charge is 0.276 e. The molecule has 0 unspecified atom stereocenters. The molecule has 0 radical (unpaired) electrons. The Morgan fingerprint density at radius 1 is 1.06 bits per heavy atom. The van der Waals surface area contributed by atoms with Gasteiger partial charge in [-0.1, -0.05) is 41.9 Å². The highest BCUT2D eigenvalue weighted by molar-refractivity contribution is 6.31. The summed E-state index contributed by atoms with van der Waals surface area (Å²) in [5.74, 6) is 0.429. The highest BCUT2D eigenvalue weighted by Gasteiger charge is 2.16. The minimum Gasteiger partial charge on any atom is -0.456 e. The van der Waals surface area contributed by atoms with Gasteiger partial charge in [-0.15, -0.1) is 0 Å². The Hall–Kier alpha value is -4.16. The van der Waals surface area contributed by atoms with Crippen molar-refractivity contribution in [1.82, 2.24) is 9.78 Å². The van der Waals surface area contributed by atoms with Gasteiger partial charge in [0.25, 0.3) is 5.91 Å². The van der Waals surface area contributed by atoms with Crippen molar-refractivity contribution in [3.8, 4) is 11.3 Å². The first kappa shape index (κ1) is 21.7. The molecule has 2 aromatic heterocycles. The number of fused-ring (bicyclic) bond motifs is 1. The molecule has 0 saturated heterocycles. The van der Waals surface area contributed by atoms with Crippen LogP contribution in [0.5, 0.6) is 0 Å². The number of rotatable bonds is 6. The molecule has 0 aliphatic rings. The summed E-state index contributed by atoms with van der Waals surface area (Å²) in [6, 6.07) is 24.0. The Balaban J connectivity index is 1.42. The van der Waals surface area contributed by atoms with E-state index in [-0.39, 0.29) is 5.91 Å². The SMILES string of the molecule is Cc1cc(C(=O)Nc2ccc(C=O)cc2)nn1Cc1cc(Cl)cc2cc(-c3ccccc3)oc12. The lowest BCUT2D eigenvalue weighted by Crippen LogP contribution is -2.13. The summed E-state index contributed by atoms with van der Waals surface area (Å²) in [7, 11) is 0. The van der Waals surface area contributed by atoms with Crippen LogP contribution in [0.1, 0.15) is 32.1 Å². The zero-order chi connectivity index (χ0) is 23.7. The van der Waals surface area contributed by atoms with Crippen molar-refractivity contribution < 1.29 is 14.0 Å². The molecular formula is C27H20ClN3O3. The van der Waals surface area contributed by atoms with Crippen LogP contribution in [0.4, 0.5) is 5.69 Å². The van der Waals surface area contributed by atoms with Crippen LogP contribution in [-0.2, 0) is 6.54 Å². The molecule has 6 nitrogen and oxygen atoms in total. The van der Waals surface area contributed by atoms with Gasteiger partial charge in [0.2, 0.25) is 0 Å². The second kappa shape index (κ2) is 9.00. The summed E-state index contributed by atoms with van der Waals surface area (Å²) in [4.78, 5) is 23.5. The maximum atomic E-state index is 12.7. The monoisotopic (exact) mass is 469 g/mol. The van der Waals surface area contributed by atoms with Gasteiger partial charge in [0.05, 0.1) is 6.54 Å². The molecule has 0 spiro atoms. The molecule has 3 aromatic carbocycles. The summed E-state index contributed by atoms with van der Waals surface area (Å²) < 4.78 is 7.95. The number of furan rings is 1. The summed E-state index contributed by atoms with van der Waals surface area (Å²) in [6.07, 6.45) is 0.755. The number of carbonyl (C=O) groups is 2. The van der Waals surface area contributed by atoms with Gasteiger partial charge in [-0.05, 0) is 55.5 Å². The molecule has 5 rings (SSSR count). The van der Waals surface area contributed by atoms with Gasteiger partial charge in [-0.2, -0.15) is 5.10 Å². The van der Waals surface area contributed by atoms with Crippen molar-refractivity contribution >= 4 is 40.5 Å². The molecular weight excluding hydrogens is 450 g/mol. The summed E-state index contributed by atoms with van der Waals surface area (Å²) in [5.41, 5.74) is 4.83. The molecule has 0 aliphatic heterocycles. The molecule has 0 bridgehead atoms. The van der Waals surface area contributed by atoms with Crippen molar-refractivity contribution in [3.63, 3.8) is 0 Å². The third-order valence-electron chi connectivity index (χ3n) is 5.55. The predicted molar refractivity (Wildman–Crippen MR) is 133 cm³/mol. The van der Waals surface area contributed by atoms with Gasteiger partial charge < -0.3 is 9.73 Å². The van der Waals surface area contributed by atoms with Crippen LogP contribution in [0.15, 0.2) is 83.3 Å². The summed E-state index contributed by atoms with van der Waals surface area (Å²) in [5, 5.41) is 8.81. The molecule has 168 valence electrons. The van der Waals surface area contributed by atoms with E-state index in [2.05, 4.69) is 10.4 Å². The molecule has 0 fully saturated rings. The number of nitrogens with one attached hydrogen (secondary N) is 1. The number of nitrogens with zero attached hydrogens (tertiary/aromatic N) is 2. The number of aromatic nitrogens is 2. The Labute approximate surface area is 200 Å². The van der Waals surface area contributed by atoms with Crippen LogP contribution in [-0.4, -0.2) is 22.0 Å². The maximum Gasteiger partial charge on any atom is 0.276 e. The van der Waals surface area contributed by atoms with E-state index >= 15 is 0 Å². The van der Waals surface area contributed by atoms with Crippen molar-refractivity contribution in [1.29, 1.82) is 0 Å². The Morgan fingerprint density at radius 3 is 2.56 bits per heavy atom. The topological polar surface area (TPSA) is 77.1 Å². The van der Waals surface area contributed by atoms with Crippen LogP contribution in [0.3, 0.4) is 0 Å². The lowest BCUT2D eigenvalue weighted by atomic mass is 10.1. The van der Waals surface area contributed by atoms with E-state index in [0.717, 1.165) is 39.8 Å². The van der Waals surface area contributed by atoms with Crippen molar-refractivity contribution in [2.24, 2.45) is 0 Å². The second-order valence-corrected chi connectivity index (χ2v) is 8.42. The van der Waals surface area contributed by atoms with Crippen LogP contribution in [0.2, 0.25) is 5.02 Å². The van der Waals surface area contributed by atoms with Gasteiger partial charge in [0, 0.05) is 38.5 Å². The van der Waals surface area contributed by atoms with Gasteiger partial charge in [-0.25, -0.2) is 0 Å². The van der Waals surface area contributed by atoms with E-state index in [1.165, 1.54) is 0 Å². The number of anilines is 1. The average Bonchev–Trinajstić information content (AvgIpc) is 3.44. The molecule has 5 aromatic rings. The van der Waals surface area contributed by atoms with Crippen molar-refractivity contribution in [3.05, 3.63) is 106 Å². The molecule has 2 heterocycles. The first-order valence-corrected chi connectivity index (χ1v) is 11.1. The lowest BCUT2D eigenvalue weighted by molar-refractivity contribution is 0.102. The first-order chi connectivity index (χ1) is 16.5. The number of halogens is 1. The minimum atomic E-state index is -0.332. The van der Waals surface area contributed by atoms with E-state index in [4.69, 9.17) is 16.0 Å². The molecule has 7 heteroatoms. The van der Waals surface area contributed by atoms with E-state index < -0.39 is 0 Å². The fourth-order valence-electron chi connectivity index (χ4n) is 3.83. The van der Waals surface area contributed by atoms with Crippen LogP contribution < -0.4 is 5.32 Å². The third kappa shape index (κ3) is 4.36. The third-order valence-corrected chi connectivity index (χ3v) is 5.77. The molecule has 0 aliphatic carbocycles. The Morgan fingerprint density at radius 2 is 1.82 bits per heavy atom. The largest absolute Gasteiger partial charge is 0.456 e. The Kier molecular flexibility index (Phi) is 5.74. The van der Waals surface area contributed by atoms with E-state index in [0.29, 0.717) is 28.5 Å². The highest BCUT2D eigenvalue weighted by atomic mass is 35.5. The van der Waals surface area contributed by atoms with Crippen LogP contribution >= 0.6 is 11.6 Å². The number of aryl methyl sites for hydroxylation is 1. The number of amides is 1. The lowest BCUT2D eigenvalue weighted by Gasteiger charge is -2.07. The van der Waals surface area contributed by atoms with E-state index in [1.807, 2.05) is 55.5 Å². The first-order valence-electron chi connectivity index (χ1n) is 10.7. The van der Waals surface area contributed by atoms with Gasteiger partial charge in [-0.3, -0.25) is 14.3 Å². The van der Waals surface area contributed by atoms with Crippen LogP contribution in [0, 0.1) is 6.92 Å². The highest BCUT2D eigenvalue weighted by Crippen LogP contribution is 2.32. The molecule has 1 amide bonds. The van der Waals surface area contributed by atoms with E-state index in [1.54, 1.807) is 35.0 Å². The van der Waals surface area contributed by atoms with E-state index in [9.17, 15) is 9.59 Å². The van der Waals surface area contributed by atoms with Crippen molar-refractivity contribution in [2.75, 3.05) is 5.32 Å². The van der Waals surface area contributed by atoms with Gasteiger partial charge in [0.1, 0.15) is 17.6 Å². The number of benzene rings is 3. The summed E-state index contributed by atoms with van der Waals surface area (Å²) >= 11 is 6.40. The zero-order valence-electron chi connectivity index (χ0n) is 18.3. The second-order valence-electron chi connectivity index (χ2n) is 7.98. The van der Waals surface area contributed by atoms with Gasteiger partial charge in [0.15, 0.2) is 5.69 Å². The number of aldehydes is 1. The minimum absolute atomic E-state index is 0.291. The molecule has 0 saturated carbocycles. The van der Waals surface area contributed by atoms with Gasteiger partial charge >= 0.3 is 0 Å².